The fourth-order valence-electron chi connectivity index (χ4n) is 5.59. The SMILES string of the molecule is COC(=O)[C@@H]1CC[C@H](C)[C@@H](c2ccc(C)cc2)N1C(=O)c1ccc(/C=N/O[C@H](C)c2cn([C@@H]3COC[C@H]3O)nn2)cc1. The molecule has 42 heavy (non-hydrogen) atoms. The van der Waals surface area contributed by atoms with Crippen LogP contribution in [0.25, 0.3) is 0 Å². The minimum Gasteiger partial charge on any atom is -0.467 e. The first-order valence-electron chi connectivity index (χ1n) is 14.2. The molecule has 3 aromatic rings. The molecule has 2 fully saturated rings. The van der Waals surface area contributed by atoms with Crippen LogP contribution < -0.4 is 0 Å². The number of nitrogens with zero attached hydrogens (tertiary/aromatic N) is 5. The number of piperidine rings is 1. The van der Waals surface area contributed by atoms with Crippen molar-refractivity contribution >= 4 is 18.1 Å². The van der Waals surface area contributed by atoms with Crippen LogP contribution in [0.3, 0.4) is 0 Å². The van der Waals surface area contributed by atoms with Crippen molar-refractivity contribution < 1.29 is 29.0 Å². The second-order valence-corrected chi connectivity index (χ2v) is 11.1. The molecular formula is C31H37N5O6. The van der Waals surface area contributed by atoms with E-state index in [9.17, 15) is 14.7 Å². The van der Waals surface area contributed by atoms with Crippen LogP contribution in [0, 0.1) is 12.8 Å². The third-order valence-electron chi connectivity index (χ3n) is 8.08. The summed E-state index contributed by atoms with van der Waals surface area (Å²) in [4.78, 5) is 34.0. The number of rotatable bonds is 8. The Morgan fingerprint density at radius 1 is 1.12 bits per heavy atom. The number of aliphatic hydroxyl groups excluding tert-OH is 1. The topological polar surface area (TPSA) is 128 Å². The summed E-state index contributed by atoms with van der Waals surface area (Å²) in [6.07, 6.45) is 3.54. The van der Waals surface area contributed by atoms with Crippen molar-refractivity contribution in [3.8, 4) is 0 Å². The van der Waals surface area contributed by atoms with Gasteiger partial charge in [-0.25, -0.2) is 9.48 Å². The second kappa shape index (κ2) is 12.8. The van der Waals surface area contributed by atoms with Gasteiger partial charge in [0, 0.05) is 5.56 Å². The van der Waals surface area contributed by atoms with Gasteiger partial charge >= 0.3 is 5.97 Å². The van der Waals surface area contributed by atoms with Gasteiger partial charge in [-0.15, -0.1) is 5.10 Å². The highest BCUT2D eigenvalue weighted by Gasteiger charge is 2.43. The van der Waals surface area contributed by atoms with E-state index >= 15 is 0 Å². The van der Waals surface area contributed by atoms with Crippen LogP contribution in [0.15, 0.2) is 59.9 Å². The highest BCUT2D eigenvalue weighted by atomic mass is 16.6. The molecule has 0 unspecified atom stereocenters. The molecule has 2 saturated heterocycles. The monoisotopic (exact) mass is 575 g/mol. The first kappa shape index (κ1) is 29.4. The largest absolute Gasteiger partial charge is 0.467 e. The van der Waals surface area contributed by atoms with E-state index in [4.69, 9.17) is 14.3 Å². The van der Waals surface area contributed by atoms with Gasteiger partial charge in [0.05, 0.1) is 38.8 Å². The third-order valence-corrected chi connectivity index (χ3v) is 8.08. The first-order chi connectivity index (χ1) is 20.3. The highest BCUT2D eigenvalue weighted by Crippen LogP contribution is 2.40. The first-order valence-corrected chi connectivity index (χ1v) is 14.2. The lowest BCUT2D eigenvalue weighted by molar-refractivity contribution is -0.149. The Labute approximate surface area is 245 Å². The van der Waals surface area contributed by atoms with E-state index in [0.29, 0.717) is 24.3 Å². The molecule has 0 saturated carbocycles. The number of carbonyl (C=O) groups excluding carboxylic acids is 2. The number of hydrogen-bond donors (Lipinski definition) is 1. The van der Waals surface area contributed by atoms with Gasteiger partial charge in [-0.3, -0.25) is 4.79 Å². The Balaban J connectivity index is 1.28. The molecule has 11 nitrogen and oxygen atoms in total. The van der Waals surface area contributed by atoms with Crippen LogP contribution >= 0.6 is 0 Å². The number of aliphatic hydroxyl groups is 1. The average Bonchev–Trinajstić information content (AvgIpc) is 3.66. The number of aromatic nitrogens is 3. The fraction of sp³-hybridized carbons (Fsp3) is 0.452. The number of carbonyl (C=O) groups is 2. The van der Waals surface area contributed by atoms with E-state index in [1.165, 1.54) is 7.11 Å². The normalized spacial score (nSPS) is 25.0. The predicted octanol–water partition coefficient (Wildman–Crippen LogP) is 3.79. The molecule has 2 aromatic carbocycles. The maximum absolute atomic E-state index is 13.9. The van der Waals surface area contributed by atoms with E-state index in [1.54, 1.807) is 53.2 Å². The van der Waals surface area contributed by atoms with Crippen molar-refractivity contribution in [1.29, 1.82) is 0 Å². The molecule has 2 aliphatic rings. The van der Waals surface area contributed by atoms with Crippen molar-refractivity contribution in [2.24, 2.45) is 11.1 Å². The number of amides is 1. The molecule has 11 heteroatoms. The molecule has 0 aliphatic carbocycles. The lowest BCUT2D eigenvalue weighted by Gasteiger charge is -2.44. The lowest BCUT2D eigenvalue weighted by atomic mass is 9.82. The minimum atomic E-state index is -0.663. The van der Waals surface area contributed by atoms with E-state index in [1.807, 2.05) is 31.2 Å². The molecular weight excluding hydrogens is 538 g/mol. The molecule has 5 rings (SSSR count). The summed E-state index contributed by atoms with van der Waals surface area (Å²) in [5.41, 5.74) is 3.91. The fourth-order valence-corrected chi connectivity index (χ4v) is 5.59. The zero-order valence-corrected chi connectivity index (χ0v) is 24.3. The summed E-state index contributed by atoms with van der Waals surface area (Å²) >= 11 is 0. The minimum absolute atomic E-state index is 0.168. The van der Waals surface area contributed by atoms with Gasteiger partial charge in [0.2, 0.25) is 0 Å². The predicted molar refractivity (Wildman–Crippen MR) is 154 cm³/mol. The van der Waals surface area contributed by atoms with Gasteiger partial charge in [0.15, 0.2) is 6.10 Å². The summed E-state index contributed by atoms with van der Waals surface area (Å²) in [5.74, 6) is -0.465. The molecule has 2 aliphatic heterocycles. The Morgan fingerprint density at radius 2 is 1.86 bits per heavy atom. The van der Waals surface area contributed by atoms with E-state index in [2.05, 4.69) is 22.4 Å². The summed E-state index contributed by atoms with van der Waals surface area (Å²) in [6, 6.07) is 14.0. The number of likely N-dealkylation sites (tertiary alicyclic amines) is 1. The molecule has 0 bridgehead atoms. The Bertz CT molecular complexity index is 1410. The Kier molecular flexibility index (Phi) is 8.98. The number of esters is 1. The van der Waals surface area contributed by atoms with Crippen molar-refractivity contribution in [1.82, 2.24) is 19.9 Å². The Hall–Kier alpha value is -4.09. The van der Waals surface area contributed by atoms with Crippen LogP contribution in [0.4, 0.5) is 0 Å². The zero-order valence-electron chi connectivity index (χ0n) is 24.3. The summed E-state index contributed by atoms with van der Waals surface area (Å²) in [5, 5.41) is 22.3. The maximum atomic E-state index is 13.9. The van der Waals surface area contributed by atoms with E-state index in [0.717, 1.165) is 23.1 Å². The smallest absolute Gasteiger partial charge is 0.328 e. The van der Waals surface area contributed by atoms with Crippen LogP contribution in [0.1, 0.15) is 77.6 Å². The molecule has 0 spiro atoms. The molecule has 6 atom stereocenters. The van der Waals surface area contributed by atoms with Gasteiger partial charge in [-0.05, 0) is 55.9 Å². The van der Waals surface area contributed by atoms with Gasteiger partial charge in [0.1, 0.15) is 23.9 Å². The van der Waals surface area contributed by atoms with Crippen LogP contribution in [-0.4, -0.2) is 75.6 Å². The number of oxime groups is 1. The number of hydrogen-bond acceptors (Lipinski definition) is 9. The van der Waals surface area contributed by atoms with Crippen LogP contribution in [0.5, 0.6) is 0 Å². The van der Waals surface area contributed by atoms with E-state index < -0.39 is 24.2 Å². The van der Waals surface area contributed by atoms with Crippen LogP contribution in [-0.2, 0) is 19.1 Å². The number of benzene rings is 2. The standard InChI is InChI=1S/C31H37N5O6/c1-19-5-10-23(11-6-19)29-20(2)7-14-26(31(39)40-4)36(29)30(38)24-12-8-22(9-13-24)15-32-42-21(3)25-16-35(34-33-25)27-17-41-18-28(27)37/h5-6,8-13,15-16,20-21,26-29,37H,7,14,17-18H2,1-4H3/b32-15+/t20-,21+,26-,27+,28+,29-/m0/s1. The van der Waals surface area contributed by atoms with Crippen molar-refractivity contribution in [2.75, 3.05) is 20.3 Å². The summed E-state index contributed by atoms with van der Waals surface area (Å²) < 4.78 is 12.0. The summed E-state index contributed by atoms with van der Waals surface area (Å²) in [7, 11) is 1.36. The molecule has 1 N–H and O–H groups in total. The zero-order chi connectivity index (χ0) is 29.8. The molecule has 0 radical (unpaired) electrons. The highest BCUT2D eigenvalue weighted by molar-refractivity contribution is 5.98. The van der Waals surface area contributed by atoms with Gasteiger partial charge in [-0.2, -0.15) is 0 Å². The Morgan fingerprint density at radius 3 is 2.52 bits per heavy atom. The number of aryl methyl sites for hydroxylation is 1. The van der Waals surface area contributed by atoms with Crippen molar-refractivity contribution in [3.63, 3.8) is 0 Å². The molecule has 1 amide bonds. The van der Waals surface area contributed by atoms with Gasteiger partial charge < -0.3 is 24.3 Å². The van der Waals surface area contributed by atoms with Gasteiger partial charge in [-0.1, -0.05) is 59.3 Å². The second-order valence-electron chi connectivity index (χ2n) is 11.1. The number of ether oxygens (including phenoxy) is 2. The third kappa shape index (κ3) is 6.22. The molecule has 1 aromatic heterocycles. The van der Waals surface area contributed by atoms with Gasteiger partial charge in [0.25, 0.3) is 5.91 Å². The van der Waals surface area contributed by atoms with Crippen LogP contribution in [0.2, 0.25) is 0 Å². The lowest BCUT2D eigenvalue weighted by Crippen LogP contribution is -2.52. The van der Waals surface area contributed by atoms with Crippen molar-refractivity contribution in [3.05, 3.63) is 82.7 Å². The van der Waals surface area contributed by atoms with Crippen molar-refractivity contribution in [2.45, 2.75) is 63.9 Å². The summed E-state index contributed by atoms with van der Waals surface area (Å²) in [6.45, 7) is 6.59. The molecule has 222 valence electrons. The molecule has 3 heterocycles. The van der Waals surface area contributed by atoms with E-state index in [-0.39, 0.29) is 30.5 Å². The maximum Gasteiger partial charge on any atom is 0.328 e. The average molecular weight is 576 g/mol. The number of methoxy groups -OCH3 is 1. The quantitative estimate of drug-likeness (QED) is 0.244.